The molecule has 3 heterocycles. The molecule has 1 N–H and O–H groups in total. The molecule has 10 heteroatoms. The van der Waals surface area contributed by atoms with Gasteiger partial charge in [0.25, 0.3) is 5.91 Å². The van der Waals surface area contributed by atoms with E-state index in [0.717, 1.165) is 37.7 Å². The van der Waals surface area contributed by atoms with Gasteiger partial charge in [-0.05, 0) is 44.4 Å². The topological polar surface area (TPSA) is 96.8 Å². The van der Waals surface area contributed by atoms with Gasteiger partial charge in [0.15, 0.2) is 0 Å². The predicted molar refractivity (Wildman–Crippen MR) is 159 cm³/mol. The van der Waals surface area contributed by atoms with Crippen LogP contribution in [0, 0.1) is 6.92 Å². The number of nitrogens with one attached hydrogen (secondary N) is 1. The number of likely N-dealkylation sites (tertiary alicyclic amines) is 2. The summed E-state index contributed by atoms with van der Waals surface area (Å²) in [5.41, 5.74) is 2.79. The largest absolute Gasteiger partial charge is 0.490 e. The van der Waals surface area contributed by atoms with Gasteiger partial charge >= 0.3 is 0 Å². The van der Waals surface area contributed by atoms with Crippen molar-refractivity contribution in [3.63, 3.8) is 0 Å². The Kier molecular flexibility index (Phi) is 8.63. The lowest BCUT2D eigenvalue weighted by Crippen LogP contribution is -2.40. The molecule has 41 heavy (non-hydrogen) atoms. The molecule has 1 aromatic heterocycles. The normalized spacial score (nSPS) is 18.2. The Morgan fingerprint density at radius 2 is 1.85 bits per heavy atom. The van der Waals surface area contributed by atoms with Gasteiger partial charge in [-0.3, -0.25) is 19.7 Å². The summed E-state index contributed by atoms with van der Waals surface area (Å²) >= 11 is 6.92. The Morgan fingerprint density at radius 3 is 2.56 bits per heavy atom. The molecule has 1 unspecified atom stereocenters. The maximum Gasteiger partial charge on any atom is 0.257 e. The number of hydrogen-bond donors (Lipinski definition) is 1. The number of benzene rings is 2. The van der Waals surface area contributed by atoms with Crippen LogP contribution in [0.3, 0.4) is 0 Å². The molecule has 2 aliphatic rings. The summed E-state index contributed by atoms with van der Waals surface area (Å²) in [6.45, 7) is 9.59. The van der Waals surface area contributed by atoms with Gasteiger partial charge < -0.3 is 19.1 Å². The first kappa shape index (κ1) is 28.7. The molecular formula is C31H36ClN5O4. The summed E-state index contributed by atoms with van der Waals surface area (Å²) < 4.78 is 8.26. The lowest BCUT2D eigenvalue weighted by Gasteiger charge is -2.31. The van der Waals surface area contributed by atoms with Crippen molar-refractivity contribution in [2.75, 3.05) is 31.5 Å². The highest BCUT2D eigenvalue weighted by atomic mass is 35.5. The van der Waals surface area contributed by atoms with Crippen LogP contribution in [0.2, 0.25) is 5.02 Å². The number of rotatable bonds is 6. The highest BCUT2D eigenvalue weighted by molar-refractivity contribution is 6.35. The number of carbonyl (C=O) groups is 3. The number of nitrogens with zero attached hydrogens (tertiary/aromatic N) is 4. The van der Waals surface area contributed by atoms with Gasteiger partial charge in [0.05, 0.1) is 22.1 Å². The van der Waals surface area contributed by atoms with Crippen molar-refractivity contribution in [2.45, 2.75) is 58.1 Å². The maximum absolute atomic E-state index is 13.3. The second kappa shape index (κ2) is 12.3. The van der Waals surface area contributed by atoms with E-state index >= 15 is 0 Å². The molecule has 1 atom stereocenters. The van der Waals surface area contributed by atoms with E-state index in [2.05, 4.69) is 11.9 Å². The van der Waals surface area contributed by atoms with Crippen molar-refractivity contribution < 1.29 is 19.1 Å². The van der Waals surface area contributed by atoms with E-state index in [1.807, 2.05) is 40.7 Å². The third kappa shape index (κ3) is 6.40. The van der Waals surface area contributed by atoms with Gasteiger partial charge in [0, 0.05) is 63.6 Å². The maximum atomic E-state index is 13.3. The highest BCUT2D eigenvalue weighted by Gasteiger charge is 2.29. The summed E-state index contributed by atoms with van der Waals surface area (Å²) in [4.78, 5) is 46.1. The molecular weight excluding hydrogens is 542 g/mol. The van der Waals surface area contributed by atoms with Crippen molar-refractivity contribution in [1.82, 2.24) is 19.4 Å². The third-order valence-electron chi connectivity index (χ3n) is 7.91. The Balaban J connectivity index is 1.50. The van der Waals surface area contributed by atoms with Crippen molar-refractivity contribution in [1.29, 1.82) is 0 Å². The Hall–Kier alpha value is -3.85. The number of piperidine rings is 1. The fourth-order valence-electron chi connectivity index (χ4n) is 5.77. The number of fused-ring (bicyclic) bond motifs is 1. The van der Waals surface area contributed by atoms with E-state index in [9.17, 15) is 14.4 Å². The van der Waals surface area contributed by atoms with Crippen LogP contribution in [-0.2, 0) is 9.59 Å². The number of imidazole rings is 1. The quantitative estimate of drug-likeness (QED) is 0.397. The van der Waals surface area contributed by atoms with Gasteiger partial charge in [-0.15, -0.1) is 0 Å². The summed E-state index contributed by atoms with van der Waals surface area (Å²) in [7, 11) is 0. The zero-order valence-electron chi connectivity index (χ0n) is 23.6. The van der Waals surface area contributed by atoms with Crippen LogP contribution in [0.25, 0.3) is 11.0 Å². The number of hydrogen-bond acceptors (Lipinski definition) is 5. The van der Waals surface area contributed by atoms with Gasteiger partial charge in [-0.1, -0.05) is 35.9 Å². The highest BCUT2D eigenvalue weighted by Crippen LogP contribution is 2.37. The first-order chi connectivity index (χ1) is 19.7. The number of carbonyl (C=O) groups excluding carboxylic acids is 3. The zero-order chi connectivity index (χ0) is 29.1. The molecule has 2 aromatic carbocycles. The van der Waals surface area contributed by atoms with Crippen molar-refractivity contribution in [3.05, 3.63) is 65.2 Å². The number of halogens is 1. The van der Waals surface area contributed by atoms with Crippen LogP contribution in [-0.4, -0.2) is 69.4 Å². The molecule has 0 spiro atoms. The predicted octanol–water partition coefficient (Wildman–Crippen LogP) is 5.38. The Morgan fingerprint density at radius 1 is 1.07 bits per heavy atom. The van der Waals surface area contributed by atoms with Crippen LogP contribution < -0.4 is 10.1 Å². The van der Waals surface area contributed by atoms with Crippen molar-refractivity contribution in [2.24, 2.45) is 0 Å². The minimum Gasteiger partial charge on any atom is -0.490 e. The summed E-state index contributed by atoms with van der Waals surface area (Å²) in [5.74, 6) is 0.644. The molecule has 0 saturated carbocycles. The minimum absolute atomic E-state index is 0.0398. The van der Waals surface area contributed by atoms with Crippen LogP contribution in [0.1, 0.15) is 61.0 Å². The average Bonchev–Trinajstić information content (AvgIpc) is 3.13. The molecule has 2 fully saturated rings. The Labute approximate surface area is 245 Å². The van der Waals surface area contributed by atoms with Gasteiger partial charge in [0.1, 0.15) is 11.9 Å². The van der Waals surface area contributed by atoms with Crippen LogP contribution >= 0.6 is 11.6 Å². The number of anilines is 1. The van der Waals surface area contributed by atoms with Gasteiger partial charge in [-0.2, -0.15) is 0 Å². The Bertz CT molecular complexity index is 1480. The fourth-order valence-corrected chi connectivity index (χ4v) is 6.07. The van der Waals surface area contributed by atoms with Crippen LogP contribution in [0.5, 0.6) is 5.75 Å². The average molecular weight is 578 g/mol. The summed E-state index contributed by atoms with van der Waals surface area (Å²) in [6, 6.07) is 10.9. The first-order valence-corrected chi connectivity index (χ1v) is 14.5. The van der Waals surface area contributed by atoms with E-state index in [0.29, 0.717) is 59.5 Å². The molecule has 0 bridgehead atoms. The molecule has 3 aromatic rings. The number of amides is 3. The van der Waals surface area contributed by atoms with Crippen LogP contribution in [0.4, 0.5) is 5.95 Å². The SMILES string of the molecule is C=CC(=O)N1CCCCC(n2c(NC(=O)c3cccc(C)c3)nc3cc(OC4CCN(C(C)=O)CC4)cc(Cl)c32)C1. The number of ether oxygens (including phenoxy) is 1. The molecule has 5 rings (SSSR count). The zero-order valence-corrected chi connectivity index (χ0v) is 24.3. The second-order valence-electron chi connectivity index (χ2n) is 10.9. The summed E-state index contributed by atoms with van der Waals surface area (Å²) in [6.07, 6.45) is 5.35. The molecule has 2 aliphatic heterocycles. The van der Waals surface area contributed by atoms with E-state index < -0.39 is 0 Å². The summed E-state index contributed by atoms with van der Waals surface area (Å²) in [5, 5.41) is 3.47. The van der Waals surface area contributed by atoms with E-state index in [-0.39, 0.29) is 29.9 Å². The first-order valence-electron chi connectivity index (χ1n) is 14.2. The lowest BCUT2D eigenvalue weighted by molar-refractivity contribution is -0.130. The molecule has 0 aliphatic carbocycles. The lowest BCUT2D eigenvalue weighted by atomic mass is 10.1. The van der Waals surface area contributed by atoms with E-state index in [1.54, 1.807) is 24.0 Å². The molecule has 9 nitrogen and oxygen atoms in total. The van der Waals surface area contributed by atoms with Crippen LogP contribution in [0.15, 0.2) is 49.1 Å². The van der Waals surface area contributed by atoms with Gasteiger partial charge in [-0.25, -0.2) is 4.98 Å². The minimum atomic E-state index is -0.275. The third-order valence-corrected chi connectivity index (χ3v) is 8.19. The van der Waals surface area contributed by atoms with E-state index in [1.165, 1.54) is 6.08 Å². The van der Waals surface area contributed by atoms with Crippen molar-refractivity contribution in [3.8, 4) is 5.75 Å². The molecule has 0 radical (unpaired) electrons. The standard InChI is InChI=1S/C31H36ClN5O4/c1-4-28(39)36-13-6-5-10-23(19-36)37-29-26(32)17-25(41-24-11-14-35(15-12-24)21(3)38)18-27(29)33-31(37)34-30(40)22-9-7-8-20(2)16-22/h4,7-9,16-18,23-24H,1,5-6,10-15,19H2,2-3H3,(H,33,34,40). The van der Waals surface area contributed by atoms with Gasteiger partial charge in [0.2, 0.25) is 17.8 Å². The van der Waals surface area contributed by atoms with Crippen molar-refractivity contribution >= 4 is 46.3 Å². The second-order valence-corrected chi connectivity index (χ2v) is 11.3. The van der Waals surface area contributed by atoms with E-state index in [4.69, 9.17) is 21.3 Å². The fraction of sp³-hybridized carbons (Fsp3) is 0.419. The number of aryl methyl sites for hydroxylation is 1. The monoisotopic (exact) mass is 577 g/mol. The molecule has 216 valence electrons. The molecule has 2 saturated heterocycles. The molecule has 3 amide bonds. The number of aromatic nitrogens is 2. The smallest absolute Gasteiger partial charge is 0.257 e.